The van der Waals surface area contributed by atoms with Crippen molar-refractivity contribution in [2.75, 3.05) is 13.1 Å². The third-order valence-corrected chi connectivity index (χ3v) is 4.40. The maximum Gasteiger partial charge on any atom is 0.251 e. The number of carbonyl (C=O) groups excluding carboxylic acids is 2. The molecule has 2 aromatic rings. The zero-order valence-corrected chi connectivity index (χ0v) is 14.0. The lowest BCUT2D eigenvalue weighted by Crippen LogP contribution is -2.26. The summed E-state index contributed by atoms with van der Waals surface area (Å²) in [5, 5.41) is 2.80. The van der Waals surface area contributed by atoms with Crippen LogP contribution in [0, 0.1) is 5.82 Å². The topological polar surface area (TPSA) is 49.4 Å². The van der Waals surface area contributed by atoms with Crippen molar-refractivity contribution >= 4 is 11.8 Å². The summed E-state index contributed by atoms with van der Waals surface area (Å²) in [6, 6.07) is 13.8. The van der Waals surface area contributed by atoms with Crippen LogP contribution in [0.4, 0.5) is 4.39 Å². The van der Waals surface area contributed by atoms with Gasteiger partial charge in [0.2, 0.25) is 5.91 Å². The van der Waals surface area contributed by atoms with E-state index in [1.165, 1.54) is 6.07 Å². The van der Waals surface area contributed by atoms with Gasteiger partial charge in [0.25, 0.3) is 5.91 Å². The molecule has 1 N–H and O–H groups in total. The summed E-state index contributed by atoms with van der Waals surface area (Å²) in [4.78, 5) is 25.6. The van der Waals surface area contributed by atoms with E-state index in [4.69, 9.17) is 0 Å². The zero-order valence-electron chi connectivity index (χ0n) is 14.0. The van der Waals surface area contributed by atoms with Crippen LogP contribution in [0.25, 0.3) is 0 Å². The maximum atomic E-state index is 13.5. The minimum absolute atomic E-state index is 0.180. The van der Waals surface area contributed by atoms with E-state index in [0.717, 1.165) is 18.5 Å². The van der Waals surface area contributed by atoms with Crippen molar-refractivity contribution in [2.24, 2.45) is 0 Å². The minimum atomic E-state index is -0.252. The first-order chi connectivity index (χ1) is 12.1. The van der Waals surface area contributed by atoms with Gasteiger partial charge in [-0.15, -0.1) is 0 Å². The molecule has 0 radical (unpaired) electrons. The number of rotatable bonds is 6. The highest BCUT2D eigenvalue weighted by atomic mass is 19.1. The van der Waals surface area contributed by atoms with Gasteiger partial charge in [0.05, 0.1) is 0 Å². The minimum Gasteiger partial charge on any atom is -0.352 e. The number of carbonyl (C=O) groups is 2. The largest absolute Gasteiger partial charge is 0.352 e. The van der Waals surface area contributed by atoms with Gasteiger partial charge in [0.15, 0.2) is 0 Å². The van der Waals surface area contributed by atoms with Gasteiger partial charge in [-0.05, 0) is 42.2 Å². The van der Waals surface area contributed by atoms with Crippen LogP contribution in [0.1, 0.15) is 34.3 Å². The summed E-state index contributed by atoms with van der Waals surface area (Å²) in [5.41, 5.74) is 2.16. The molecule has 0 bridgehead atoms. The number of amides is 2. The Labute approximate surface area is 146 Å². The Morgan fingerprint density at radius 3 is 2.56 bits per heavy atom. The number of hydrogen-bond acceptors (Lipinski definition) is 2. The predicted octanol–water partition coefficient (Wildman–Crippen LogP) is 2.92. The van der Waals surface area contributed by atoms with Gasteiger partial charge >= 0.3 is 0 Å². The fraction of sp³-hybridized carbons (Fsp3) is 0.300. The van der Waals surface area contributed by atoms with E-state index in [2.05, 4.69) is 5.32 Å². The van der Waals surface area contributed by atoms with Gasteiger partial charge in [-0.2, -0.15) is 0 Å². The van der Waals surface area contributed by atoms with E-state index in [9.17, 15) is 14.0 Å². The summed E-state index contributed by atoms with van der Waals surface area (Å²) in [5.74, 6) is -0.243. The first-order valence-electron chi connectivity index (χ1n) is 8.52. The molecule has 4 nitrogen and oxygen atoms in total. The Bertz CT molecular complexity index is 759. The normalized spacial score (nSPS) is 14.0. The molecule has 0 aliphatic carbocycles. The van der Waals surface area contributed by atoms with Crippen LogP contribution < -0.4 is 5.32 Å². The molecule has 1 saturated heterocycles. The van der Waals surface area contributed by atoms with Gasteiger partial charge in [-0.3, -0.25) is 9.59 Å². The van der Waals surface area contributed by atoms with Crippen molar-refractivity contribution in [3.05, 3.63) is 71.0 Å². The standard InChI is InChI=1S/C20H21FN2O2/c21-18-5-2-1-4-16(18)11-12-22-20(25)17-9-7-15(8-10-17)14-23-13-3-6-19(23)24/h1-2,4-5,7-10H,3,6,11-14H2,(H,22,25). The number of nitrogens with one attached hydrogen (secondary N) is 1. The summed E-state index contributed by atoms with van der Waals surface area (Å²) in [6.45, 7) is 1.77. The van der Waals surface area contributed by atoms with Crippen LogP contribution in [0.3, 0.4) is 0 Å². The first kappa shape index (κ1) is 17.1. The first-order valence-corrected chi connectivity index (χ1v) is 8.52. The van der Waals surface area contributed by atoms with Crippen molar-refractivity contribution in [1.29, 1.82) is 0 Å². The highest BCUT2D eigenvalue weighted by molar-refractivity contribution is 5.94. The molecule has 0 unspecified atom stereocenters. The number of benzene rings is 2. The Hall–Kier alpha value is -2.69. The molecule has 0 aromatic heterocycles. The lowest BCUT2D eigenvalue weighted by atomic mass is 10.1. The molecule has 5 heteroatoms. The van der Waals surface area contributed by atoms with Crippen LogP contribution in [0.5, 0.6) is 0 Å². The van der Waals surface area contributed by atoms with Crippen LogP contribution in [-0.2, 0) is 17.8 Å². The Morgan fingerprint density at radius 2 is 1.88 bits per heavy atom. The molecular formula is C20H21FN2O2. The molecule has 0 saturated carbocycles. The third-order valence-electron chi connectivity index (χ3n) is 4.40. The Balaban J connectivity index is 1.50. The van der Waals surface area contributed by atoms with Crippen LogP contribution in [0.15, 0.2) is 48.5 Å². The van der Waals surface area contributed by atoms with Crippen molar-refractivity contribution < 1.29 is 14.0 Å². The second kappa shape index (κ2) is 7.92. The summed E-state index contributed by atoms with van der Waals surface area (Å²) in [6.07, 6.45) is 2.00. The molecule has 1 heterocycles. The third kappa shape index (κ3) is 4.44. The molecule has 1 aliphatic heterocycles. The van der Waals surface area contributed by atoms with Gasteiger partial charge in [0.1, 0.15) is 5.82 Å². The highest BCUT2D eigenvalue weighted by Gasteiger charge is 2.19. The molecular weight excluding hydrogens is 319 g/mol. The molecule has 1 aliphatic rings. The number of nitrogens with zero attached hydrogens (tertiary/aromatic N) is 1. The number of halogens is 1. The number of likely N-dealkylation sites (tertiary alicyclic amines) is 1. The van der Waals surface area contributed by atoms with Gasteiger partial charge in [-0.1, -0.05) is 30.3 Å². The second-order valence-electron chi connectivity index (χ2n) is 6.21. The highest BCUT2D eigenvalue weighted by Crippen LogP contribution is 2.15. The smallest absolute Gasteiger partial charge is 0.251 e. The predicted molar refractivity (Wildman–Crippen MR) is 93.5 cm³/mol. The lowest BCUT2D eigenvalue weighted by Gasteiger charge is -2.15. The molecule has 0 spiro atoms. The van der Waals surface area contributed by atoms with Gasteiger partial charge in [0, 0.05) is 31.6 Å². The van der Waals surface area contributed by atoms with E-state index < -0.39 is 0 Å². The second-order valence-corrected chi connectivity index (χ2v) is 6.21. The van der Waals surface area contributed by atoms with Gasteiger partial charge in [-0.25, -0.2) is 4.39 Å². The zero-order chi connectivity index (χ0) is 17.6. The Morgan fingerprint density at radius 1 is 1.12 bits per heavy atom. The van der Waals surface area contributed by atoms with Crippen molar-refractivity contribution in [2.45, 2.75) is 25.8 Å². The number of hydrogen-bond donors (Lipinski definition) is 1. The lowest BCUT2D eigenvalue weighted by molar-refractivity contribution is -0.128. The van der Waals surface area contributed by atoms with Crippen LogP contribution in [-0.4, -0.2) is 29.8 Å². The van der Waals surface area contributed by atoms with Crippen molar-refractivity contribution in [3.8, 4) is 0 Å². The van der Waals surface area contributed by atoms with E-state index in [0.29, 0.717) is 37.1 Å². The molecule has 130 valence electrons. The van der Waals surface area contributed by atoms with Gasteiger partial charge < -0.3 is 10.2 Å². The van der Waals surface area contributed by atoms with Crippen molar-refractivity contribution in [3.63, 3.8) is 0 Å². The molecule has 3 rings (SSSR count). The van der Waals surface area contributed by atoms with E-state index >= 15 is 0 Å². The summed E-state index contributed by atoms with van der Waals surface area (Å²) >= 11 is 0. The van der Waals surface area contributed by atoms with Crippen molar-refractivity contribution in [1.82, 2.24) is 10.2 Å². The molecule has 25 heavy (non-hydrogen) atoms. The molecule has 2 amide bonds. The van der Waals surface area contributed by atoms with E-state index in [-0.39, 0.29) is 17.6 Å². The molecule has 1 fully saturated rings. The average Bonchev–Trinajstić information content (AvgIpc) is 3.02. The summed E-state index contributed by atoms with van der Waals surface area (Å²) < 4.78 is 13.5. The maximum absolute atomic E-state index is 13.5. The SMILES string of the molecule is O=C(NCCc1ccccc1F)c1ccc(CN2CCCC2=O)cc1. The molecule has 2 aromatic carbocycles. The average molecular weight is 340 g/mol. The van der Waals surface area contributed by atoms with E-state index in [1.54, 1.807) is 30.3 Å². The van der Waals surface area contributed by atoms with E-state index in [1.807, 2.05) is 17.0 Å². The van der Waals surface area contributed by atoms with Crippen LogP contribution >= 0.6 is 0 Å². The monoisotopic (exact) mass is 340 g/mol. The molecule has 0 atom stereocenters. The fourth-order valence-electron chi connectivity index (χ4n) is 2.97. The van der Waals surface area contributed by atoms with Crippen LogP contribution in [0.2, 0.25) is 0 Å². The Kier molecular flexibility index (Phi) is 5.43. The summed E-state index contributed by atoms with van der Waals surface area (Å²) in [7, 11) is 0. The quantitative estimate of drug-likeness (QED) is 0.879. The fourth-order valence-corrected chi connectivity index (χ4v) is 2.97.